The van der Waals surface area contributed by atoms with Gasteiger partial charge in [0.25, 0.3) is 5.91 Å². The Morgan fingerprint density at radius 1 is 1.00 bits per heavy atom. The number of benzene rings is 2. The van der Waals surface area contributed by atoms with Crippen molar-refractivity contribution in [3.63, 3.8) is 0 Å². The van der Waals surface area contributed by atoms with Gasteiger partial charge in [0.2, 0.25) is 0 Å². The Balaban J connectivity index is 1.69. The van der Waals surface area contributed by atoms with Crippen molar-refractivity contribution in [2.45, 2.75) is 26.4 Å². The maximum Gasteiger partial charge on any atom is 0.255 e. The number of furan rings is 1. The Morgan fingerprint density at radius 2 is 1.68 bits per heavy atom. The van der Waals surface area contributed by atoms with E-state index in [0.717, 1.165) is 11.3 Å². The van der Waals surface area contributed by atoms with Gasteiger partial charge in [0.1, 0.15) is 18.1 Å². The molecule has 4 nitrogen and oxygen atoms in total. The molecule has 3 aromatic rings. The van der Waals surface area contributed by atoms with E-state index in [2.05, 4.69) is 19.2 Å². The molecule has 128 valence electrons. The fraction of sp³-hybridized carbons (Fsp3) is 0.190. The Kier molecular flexibility index (Phi) is 5.00. The van der Waals surface area contributed by atoms with E-state index >= 15 is 0 Å². The quantitative estimate of drug-likeness (QED) is 0.703. The highest BCUT2D eigenvalue weighted by atomic mass is 16.4. The highest BCUT2D eigenvalue weighted by Gasteiger charge is 2.08. The van der Waals surface area contributed by atoms with Crippen molar-refractivity contribution in [2.24, 2.45) is 0 Å². The van der Waals surface area contributed by atoms with Crippen molar-refractivity contribution in [1.29, 1.82) is 0 Å². The SMILES string of the molecule is CC(C)c1ccc(C(=O)Nc2ccc(-c3ccc(CO)o3)cc2)cc1. The average molecular weight is 335 g/mol. The van der Waals surface area contributed by atoms with E-state index < -0.39 is 0 Å². The predicted molar refractivity (Wildman–Crippen MR) is 98.6 cm³/mol. The molecule has 0 unspecified atom stereocenters. The number of rotatable bonds is 5. The molecule has 0 saturated heterocycles. The molecule has 4 heteroatoms. The summed E-state index contributed by atoms with van der Waals surface area (Å²) in [4.78, 5) is 12.3. The molecule has 1 amide bonds. The zero-order chi connectivity index (χ0) is 17.8. The lowest BCUT2D eigenvalue weighted by atomic mass is 10.0. The van der Waals surface area contributed by atoms with Crippen LogP contribution in [0, 0.1) is 0 Å². The fourth-order valence-corrected chi connectivity index (χ4v) is 2.56. The number of anilines is 1. The molecular formula is C21H21NO3. The number of aliphatic hydroxyl groups excluding tert-OH is 1. The summed E-state index contributed by atoms with van der Waals surface area (Å²) >= 11 is 0. The van der Waals surface area contributed by atoms with Crippen LogP contribution in [0.1, 0.15) is 41.4 Å². The van der Waals surface area contributed by atoms with Gasteiger partial charge in [0, 0.05) is 16.8 Å². The molecule has 0 atom stereocenters. The van der Waals surface area contributed by atoms with Crippen LogP contribution in [0.3, 0.4) is 0 Å². The number of hydrogen-bond acceptors (Lipinski definition) is 3. The third kappa shape index (κ3) is 3.98. The standard InChI is InChI=1S/C21H21NO3/c1-14(2)15-3-5-17(6-4-15)21(24)22-18-9-7-16(8-10-18)20-12-11-19(13-23)25-20/h3-12,14,23H,13H2,1-2H3,(H,22,24). The fourth-order valence-electron chi connectivity index (χ4n) is 2.56. The first-order valence-electron chi connectivity index (χ1n) is 8.28. The maximum absolute atomic E-state index is 12.3. The van der Waals surface area contributed by atoms with Crippen molar-refractivity contribution in [3.8, 4) is 11.3 Å². The molecule has 0 fully saturated rings. The number of carbonyl (C=O) groups is 1. The van der Waals surface area contributed by atoms with Gasteiger partial charge in [-0.3, -0.25) is 4.79 Å². The average Bonchev–Trinajstić information content (AvgIpc) is 3.11. The van der Waals surface area contributed by atoms with E-state index in [4.69, 9.17) is 9.52 Å². The van der Waals surface area contributed by atoms with E-state index in [0.29, 0.717) is 23.0 Å². The van der Waals surface area contributed by atoms with Gasteiger partial charge in [-0.05, 0) is 60.0 Å². The Hall–Kier alpha value is -2.85. The van der Waals surface area contributed by atoms with Gasteiger partial charge in [-0.15, -0.1) is 0 Å². The van der Waals surface area contributed by atoms with Gasteiger partial charge in [0.05, 0.1) is 0 Å². The van der Waals surface area contributed by atoms with Gasteiger partial charge in [0.15, 0.2) is 0 Å². The van der Waals surface area contributed by atoms with Crippen molar-refractivity contribution < 1.29 is 14.3 Å². The van der Waals surface area contributed by atoms with E-state index in [-0.39, 0.29) is 12.5 Å². The highest BCUT2D eigenvalue weighted by Crippen LogP contribution is 2.24. The molecule has 1 heterocycles. The van der Waals surface area contributed by atoms with Gasteiger partial charge < -0.3 is 14.8 Å². The van der Waals surface area contributed by atoms with E-state index in [9.17, 15) is 4.79 Å². The minimum atomic E-state index is -0.136. The summed E-state index contributed by atoms with van der Waals surface area (Å²) in [5.74, 6) is 1.52. The lowest BCUT2D eigenvalue weighted by Crippen LogP contribution is -2.11. The van der Waals surface area contributed by atoms with Crippen LogP contribution < -0.4 is 5.32 Å². The van der Waals surface area contributed by atoms with Gasteiger partial charge in [-0.1, -0.05) is 26.0 Å². The molecule has 1 aromatic heterocycles. The Labute approximate surface area is 147 Å². The third-order valence-electron chi connectivity index (χ3n) is 4.08. The summed E-state index contributed by atoms with van der Waals surface area (Å²) in [6.07, 6.45) is 0. The van der Waals surface area contributed by atoms with Crippen LogP contribution in [-0.2, 0) is 6.61 Å². The number of carbonyl (C=O) groups excluding carboxylic acids is 1. The summed E-state index contributed by atoms with van der Waals surface area (Å²) in [6.45, 7) is 4.13. The van der Waals surface area contributed by atoms with E-state index in [1.807, 2.05) is 54.6 Å². The summed E-state index contributed by atoms with van der Waals surface area (Å²) in [6, 6.07) is 18.6. The topological polar surface area (TPSA) is 62.5 Å². The minimum Gasteiger partial charge on any atom is -0.459 e. The van der Waals surface area contributed by atoms with Crippen LogP contribution in [0.25, 0.3) is 11.3 Å². The van der Waals surface area contributed by atoms with E-state index in [1.165, 1.54) is 5.56 Å². The summed E-state index contributed by atoms with van der Waals surface area (Å²) < 4.78 is 5.50. The third-order valence-corrected chi connectivity index (χ3v) is 4.08. The molecule has 0 aliphatic heterocycles. The summed E-state index contributed by atoms with van der Waals surface area (Å²) in [5, 5.41) is 11.9. The summed E-state index contributed by atoms with van der Waals surface area (Å²) in [7, 11) is 0. The molecule has 2 N–H and O–H groups in total. The number of amides is 1. The molecule has 3 rings (SSSR count). The number of nitrogens with one attached hydrogen (secondary N) is 1. The monoisotopic (exact) mass is 335 g/mol. The van der Waals surface area contributed by atoms with Crippen LogP contribution in [0.4, 0.5) is 5.69 Å². The second kappa shape index (κ2) is 7.36. The molecule has 0 radical (unpaired) electrons. The van der Waals surface area contributed by atoms with Crippen molar-refractivity contribution in [1.82, 2.24) is 0 Å². The molecule has 0 aliphatic carbocycles. The lowest BCUT2D eigenvalue weighted by molar-refractivity contribution is 0.102. The first-order chi connectivity index (χ1) is 12.1. The molecule has 2 aromatic carbocycles. The zero-order valence-electron chi connectivity index (χ0n) is 14.3. The Morgan fingerprint density at radius 3 is 2.24 bits per heavy atom. The van der Waals surface area contributed by atoms with Gasteiger partial charge in [-0.2, -0.15) is 0 Å². The molecule has 0 aliphatic rings. The Bertz CT molecular complexity index is 846. The molecule has 0 spiro atoms. The van der Waals surface area contributed by atoms with Crippen LogP contribution in [-0.4, -0.2) is 11.0 Å². The van der Waals surface area contributed by atoms with E-state index in [1.54, 1.807) is 6.07 Å². The van der Waals surface area contributed by atoms with Crippen LogP contribution in [0.15, 0.2) is 65.1 Å². The maximum atomic E-state index is 12.3. The molecule has 0 bridgehead atoms. The number of aliphatic hydroxyl groups is 1. The van der Waals surface area contributed by atoms with Crippen molar-refractivity contribution in [2.75, 3.05) is 5.32 Å². The first-order valence-corrected chi connectivity index (χ1v) is 8.28. The molecular weight excluding hydrogens is 314 g/mol. The first kappa shape index (κ1) is 17.0. The van der Waals surface area contributed by atoms with Crippen LogP contribution in [0.5, 0.6) is 0 Å². The normalized spacial score (nSPS) is 10.9. The molecule has 0 saturated carbocycles. The van der Waals surface area contributed by atoms with Gasteiger partial charge >= 0.3 is 0 Å². The largest absolute Gasteiger partial charge is 0.459 e. The van der Waals surface area contributed by atoms with Crippen LogP contribution in [0.2, 0.25) is 0 Å². The highest BCUT2D eigenvalue weighted by molar-refractivity contribution is 6.04. The van der Waals surface area contributed by atoms with Crippen LogP contribution >= 0.6 is 0 Å². The predicted octanol–water partition coefficient (Wildman–Crippen LogP) is 4.81. The zero-order valence-corrected chi connectivity index (χ0v) is 14.3. The second-order valence-electron chi connectivity index (χ2n) is 6.23. The van der Waals surface area contributed by atoms with Crippen molar-refractivity contribution >= 4 is 11.6 Å². The van der Waals surface area contributed by atoms with Crippen molar-refractivity contribution in [3.05, 3.63) is 77.6 Å². The number of hydrogen-bond donors (Lipinski definition) is 2. The summed E-state index contributed by atoms with van der Waals surface area (Å²) in [5.41, 5.74) is 3.45. The minimum absolute atomic E-state index is 0.121. The second-order valence-corrected chi connectivity index (χ2v) is 6.23. The lowest BCUT2D eigenvalue weighted by Gasteiger charge is -2.08. The molecule has 25 heavy (non-hydrogen) atoms. The van der Waals surface area contributed by atoms with Gasteiger partial charge in [-0.25, -0.2) is 0 Å². The smallest absolute Gasteiger partial charge is 0.255 e.